The molecule has 6 heteroatoms. The highest BCUT2D eigenvalue weighted by Crippen LogP contribution is 2.20. The predicted molar refractivity (Wildman–Crippen MR) is 76.0 cm³/mol. The Labute approximate surface area is 113 Å². The van der Waals surface area contributed by atoms with Crippen LogP contribution in [0, 0.1) is 6.92 Å². The molecule has 19 heavy (non-hydrogen) atoms. The van der Waals surface area contributed by atoms with Crippen molar-refractivity contribution < 1.29 is 0 Å². The minimum absolute atomic E-state index is 0.655. The lowest BCUT2D eigenvalue weighted by atomic mass is 10.2. The number of hydrogen-bond donors (Lipinski definition) is 1. The molecule has 2 aromatic heterocycles. The van der Waals surface area contributed by atoms with Crippen molar-refractivity contribution >= 4 is 5.95 Å². The molecule has 1 N–H and O–H groups in total. The summed E-state index contributed by atoms with van der Waals surface area (Å²) in [5.41, 5.74) is 2.91. The number of rotatable bonds is 5. The molecule has 2 rings (SSSR count). The van der Waals surface area contributed by atoms with Crippen LogP contribution >= 0.6 is 0 Å². The molecule has 0 spiro atoms. The number of likely N-dealkylation sites (N-methyl/N-ethyl adjacent to an activating group) is 1. The van der Waals surface area contributed by atoms with E-state index in [1.165, 1.54) is 0 Å². The molecular weight excluding hydrogens is 240 g/mol. The quantitative estimate of drug-likeness (QED) is 0.874. The van der Waals surface area contributed by atoms with Gasteiger partial charge in [-0.25, -0.2) is 9.97 Å². The Bertz CT molecular complexity index is 546. The van der Waals surface area contributed by atoms with E-state index >= 15 is 0 Å². The van der Waals surface area contributed by atoms with Crippen LogP contribution in [0.5, 0.6) is 0 Å². The first-order chi connectivity index (χ1) is 9.06. The molecule has 2 heterocycles. The van der Waals surface area contributed by atoms with Crippen LogP contribution in [0.4, 0.5) is 5.95 Å². The number of aryl methyl sites for hydroxylation is 2. The lowest BCUT2D eigenvalue weighted by Crippen LogP contribution is -2.21. The summed E-state index contributed by atoms with van der Waals surface area (Å²) in [4.78, 5) is 10.9. The molecule has 0 saturated heterocycles. The highest BCUT2D eigenvalue weighted by molar-refractivity contribution is 5.61. The maximum absolute atomic E-state index is 4.52. The first-order valence-corrected chi connectivity index (χ1v) is 6.28. The standard InChI is InChI=1S/C13H20N6/c1-10-11(9-19(4)17-10)12-5-6-14-13(16-12)15-7-8-18(2)3/h5-6,9H,7-8H2,1-4H3,(H,14,15,16). The molecule has 0 aliphatic heterocycles. The van der Waals surface area contributed by atoms with Gasteiger partial charge in [0.25, 0.3) is 0 Å². The van der Waals surface area contributed by atoms with Crippen LogP contribution in [0.2, 0.25) is 0 Å². The molecule has 0 radical (unpaired) electrons. The van der Waals surface area contributed by atoms with Crippen molar-refractivity contribution in [1.82, 2.24) is 24.6 Å². The van der Waals surface area contributed by atoms with Crippen LogP contribution in [-0.4, -0.2) is 51.8 Å². The van der Waals surface area contributed by atoms with Gasteiger partial charge in [0.1, 0.15) is 0 Å². The van der Waals surface area contributed by atoms with Crippen molar-refractivity contribution in [3.63, 3.8) is 0 Å². The third-order valence-electron chi connectivity index (χ3n) is 2.79. The molecular formula is C13H20N6. The van der Waals surface area contributed by atoms with Gasteiger partial charge >= 0.3 is 0 Å². The summed E-state index contributed by atoms with van der Waals surface area (Å²) < 4.78 is 1.80. The summed E-state index contributed by atoms with van der Waals surface area (Å²) in [6.45, 7) is 3.75. The second-order valence-electron chi connectivity index (χ2n) is 4.80. The summed E-state index contributed by atoms with van der Waals surface area (Å²) >= 11 is 0. The van der Waals surface area contributed by atoms with Crippen LogP contribution < -0.4 is 5.32 Å². The van der Waals surface area contributed by atoms with Crippen LogP contribution in [-0.2, 0) is 7.05 Å². The van der Waals surface area contributed by atoms with Gasteiger partial charge in [0, 0.05) is 38.1 Å². The van der Waals surface area contributed by atoms with Crippen LogP contribution in [0.3, 0.4) is 0 Å². The third kappa shape index (κ3) is 3.51. The highest BCUT2D eigenvalue weighted by atomic mass is 15.3. The van der Waals surface area contributed by atoms with Crippen LogP contribution in [0.1, 0.15) is 5.69 Å². The average molecular weight is 260 g/mol. The minimum atomic E-state index is 0.655. The van der Waals surface area contributed by atoms with Gasteiger partial charge in [-0.05, 0) is 27.1 Å². The van der Waals surface area contributed by atoms with E-state index in [4.69, 9.17) is 0 Å². The Morgan fingerprint density at radius 3 is 2.79 bits per heavy atom. The molecule has 0 bridgehead atoms. The SMILES string of the molecule is Cc1nn(C)cc1-c1ccnc(NCCN(C)C)n1. The number of anilines is 1. The van der Waals surface area contributed by atoms with Crippen LogP contribution in [0.15, 0.2) is 18.5 Å². The average Bonchev–Trinajstić information content (AvgIpc) is 2.68. The zero-order valence-electron chi connectivity index (χ0n) is 11.9. The van der Waals surface area contributed by atoms with E-state index in [-0.39, 0.29) is 0 Å². The number of hydrogen-bond acceptors (Lipinski definition) is 5. The fourth-order valence-electron chi connectivity index (χ4n) is 1.84. The molecule has 6 nitrogen and oxygen atoms in total. The zero-order valence-corrected chi connectivity index (χ0v) is 11.9. The summed E-state index contributed by atoms with van der Waals surface area (Å²) in [6.07, 6.45) is 3.74. The van der Waals surface area contributed by atoms with E-state index < -0.39 is 0 Å². The fraction of sp³-hybridized carbons (Fsp3) is 0.462. The van der Waals surface area contributed by atoms with Gasteiger partial charge in [-0.3, -0.25) is 4.68 Å². The first kappa shape index (κ1) is 13.5. The summed E-state index contributed by atoms with van der Waals surface area (Å²) in [6, 6.07) is 1.90. The first-order valence-electron chi connectivity index (χ1n) is 6.28. The van der Waals surface area contributed by atoms with E-state index in [0.717, 1.165) is 30.0 Å². The number of aromatic nitrogens is 4. The Kier molecular flexibility index (Phi) is 4.11. The van der Waals surface area contributed by atoms with Crippen molar-refractivity contribution in [3.05, 3.63) is 24.2 Å². The van der Waals surface area contributed by atoms with Gasteiger partial charge in [-0.15, -0.1) is 0 Å². The van der Waals surface area contributed by atoms with Crippen molar-refractivity contribution in [2.75, 3.05) is 32.5 Å². The minimum Gasteiger partial charge on any atom is -0.353 e. The largest absolute Gasteiger partial charge is 0.353 e. The molecule has 0 aromatic carbocycles. The molecule has 0 atom stereocenters. The van der Waals surface area contributed by atoms with Crippen molar-refractivity contribution in [2.24, 2.45) is 7.05 Å². The van der Waals surface area contributed by atoms with Crippen molar-refractivity contribution in [1.29, 1.82) is 0 Å². The van der Waals surface area contributed by atoms with Gasteiger partial charge < -0.3 is 10.2 Å². The second-order valence-corrected chi connectivity index (χ2v) is 4.80. The van der Waals surface area contributed by atoms with Gasteiger partial charge in [0.2, 0.25) is 5.95 Å². The fourth-order valence-corrected chi connectivity index (χ4v) is 1.84. The Morgan fingerprint density at radius 2 is 2.16 bits per heavy atom. The van der Waals surface area contributed by atoms with E-state index in [0.29, 0.717) is 5.95 Å². The van der Waals surface area contributed by atoms with E-state index in [1.54, 1.807) is 10.9 Å². The van der Waals surface area contributed by atoms with Crippen molar-refractivity contribution in [2.45, 2.75) is 6.92 Å². The Morgan fingerprint density at radius 1 is 1.37 bits per heavy atom. The molecule has 0 aliphatic carbocycles. The Balaban J connectivity index is 2.13. The number of nitrogens with zero attached hydrogens (tertiary/aromatic N) is 5. The molecule has 0 saturated carbocycles. The van der Waals surface area contributed by atoms with E-state index in [1.807, 2.05) is 40.3 Å². The molecule has 0 fully saturated rings. The predicted octanol–water partition coefficient (Wildman–Crippen LogP) is 1.16. The molecule has 102 valence electrons. The molecule has 2 aromatic rings. The normalized spacial score (nSPS) is 11.0. The Hall–Kier alpha value is -1.95. The monoisotopic (exact) mass is 260 g/mol. The van der Waals surface area contributed by atoms with Crippen LogP contribution in [0.25, 0.3) is 11.3 Å². The highest BCUT2D eigenvalue weighted by Gasteiger charge is 2.08. The summed E-state index contributed by atoms with van der Waals surface area (Å²) in [7, 11) is 5.99. The number of nitrogens with one attached hydrogen (secondary N) is 1. The second kappa shape index (κ2) is 5.79. The molecule has 0 amide bonds. The topological polar surface area (TPSA) is 58.9 Å². The molecule has 0 aliphatic rings. The molecule has 0 unspecified atom stereocenters. The smallest absolute Gasteiger partial charge is 0.223 e. The van der Waals surface area contributed by atoms with Gasteiger partial charge in [0.05, 0.1) is 11.4 Å². The van der Waals surface area contributed by atoms with E-state index in [9.17, 15) is 0 Å². The third-order valence-corrected chi connectivity index (χ3v) is 2.79. The van der Waals surface area contributed by atoms with Gasteiger partial charge in [-0.2, -0.15) is 5.10 Å². The lowest BCUT2D eigenvalue weighted by Gasteiger charge is -2.10. The summed E-state index contributed by atoms with van der Waals surface area (Å²) in [5, 5.41) is 7.55. The van der Waals surface area contributed by atoms with E-state index in [2.05, 4.69) is 25.3 Å². The summed E-state index contributed by atoms with van der Waals surface area (Å²) in [5.74, 6) is 0.655. The van der Waals surface area contributed by atoms with Gasteiger partial charge in [-0.1, -0.05) is 0 Å². The van der Waals surface area contributed by atoms with Crippen molar-refractivity contribution in [3.8, 4) is 11.3 Å². The van der Waals surface area contributed by atoms with Gasteiger partial charge in [0.15, 0.2) is 0 Å². The lowest BCUT2D eigenvalue weighted by molar-refractivity contribution is 0.425. The zero-order chi connectivity index (χ0) is 13.8. The maximum atomic E-state index is 4.52. The maximum Gasteiger partial charge on any atom is 0.223 e.